The lowest BCUT2D eigenvalue weighted by atomic mass is 9.79. The topological polar surface area (TPSA) is 154 Å². The maximum Gasteiger partial charge on any atom is 0.492 e. The molecule has 0 unspecified atom stereocenters. The lowest BCUT2D eigenvalue weighted by Crippen LogP contribution is -2.29. The highest BCUT2D eigenvalue weighted by molar-refractivity contribution is 9.10. The van der Waals surface area contributed by atoms with Gasteiger partial charge in [-0.3, -0.25) is 0 Å². The first-order valence-electron chi connectivity index (χ1n) is 42.4. The van der Waals surface area contributed by atoms with Crippen LogP contribution in [0.1, 0.15) is 0 Å². The zero-order chi connectivity index (χ0) is 85.5. The van der Waals surface area contributed by atoms with Gasteiger partial charge in [0.05, 0.1) is 22.1 Å². The van der Waals surface area contributed by atoms with Gasteiger partial charge >= 0.3 is 7.12 Å². The van der Waals surface area contributed by atoms with Crippen LogP contribution >= 0.6 is 15.9 Å². The SMILES string of the molecule is Brc1ccc2c(c1)c1cc(-c3ccccc3)ccc1n2-c1ccccc1.OB(O)c1cccc2c1oc1cc(-c3ccc(-c4nc(-c5ccccc5)nc(-c5ccccc5)n4)cc3)ccc12.c1ccc(-c2ccc3c(c2)c2cc(-c4cccc5c4oc4cc(-c6ccc(-c7nc(-c8ccccc8)nc(-c8ccccc8)n7)cc6)ccc45)ccc2n3-c2ccccc2)cc1. The maximum absolute atomic E-state index is 9.74. The van der Waals surface area contributed by atoms with Crippen molar-refractivity contribution < 1.29 is 18.9 Å². The van der Waals surface area contributed by atoms with Crippen LogP contribution < -0.4 is 5.46 Å². The number of aromatic nitrogens is 8. The van der Waals surface area contributed by atoms with Crippen molar-refractivity contribution in [3.8, 4) is 135 Å². The van der Waals surface area contributed by atoms with Crippen molar-refractivity contribution in [3.63, 3.8) is 0 Å². The van der Waals surface area contributed by atoms with Crippen LogP contribution in [0.3, 0.4) is 0 Å². The Hall–Kier alpha value is -16.4. The number of nitrogens with zero attached hydrogens (tertiary/aromatic N) is 8. The van der Waals surface area contributed by atoms with E-state index in [1.165, 1.54) is 66.0 Å². The van der Waals surface area contributed by atoms with E-state index in [0.29, 0.717) is 51.6 Å². The lowest BCUT2D eigenvalue weighted by Gasteiger charge is -2.09. The molecule has 0 atom stereocenters. The third kappa shape index (κ3) is 15.0. The first kappa shape index (κ1) is 77.7. The molecule has 0 saturated carbocycles. The fourth-order valence-corrected chi connectivity index (χ4v) is 17.8. The van der Waals surface area contributed by atoms with Crippen molar-refractivity contribution >= 4 is 116 Å². The molecule has 6 heterocycles. The van der Waals surface area contributed by atoms with Gasteiger partial charge in [0, 0.05) is 103 Å². The summed E-state index contributed by atoms with van der Waals surface area (Å²) in [7, 11) is -1.60. The molecule has 12 nitrogen and oxygen atoms in total. The van der Waals surface area contributed by atoms with Crippen LogP contribution in [0.25, 0.3) is 223 Å². The van der Waals surface area contributed by atoms with Gasteiger partial charge in [-0.2, -0.15) is 0 Å². The molecule has 0 fully saturated rings. The highest BCUT2D eigenvalue weighted by atomic mass is 79.9. The first-order chi connectivity index (χ1) is 63.2. The van der Waals surface area contributed by atoms with E-state index in [2.05, 4.69) is 280 Å². The molecule has 24 aromatic rings. The number of furan rings is 2. The van der Waals surface area contributed by atoms with Crippen molar-refractivity contribution in [2.75, 3.05) is 0 Å². The van der Waals surface area contributed by atoms with Crippen LogP contribution in [-0.4, -0.2) is 56.2 Å². The minimum atomic E-state index is -1.60. The predicted octanol–water partition coefficient (Wildman–Crippen LogP) is 28.2. The second-order valence-corrected chi connectivity index (χ2v) is 32.5. The summed E-state index contributed by atoms with van der Waals surface area (Å²) in [6, 6.07) is 150. The van der Waals surface area contributed by atoms with Crippen LogP contribution in [0, 0.1) is 0 Å². The number of benzene rings is 18. The molecular formula is C114H74BBrN8O4. The van der Waals surface area contributed by atoms with Crippen molar-refractivity contribution in [3.05, 3.63) is 441 Å². The van der Waals surface area contributed by atoms with Gasteiger partial charge in [0.2, 0.25) is 0 Å². The lowest BCUT2D eigenvalue weighted by molar-refractivity contribution is 0.425. The molecule has 0 spiro atoms. The van der Waals surface area contributed by atoms with Crippen molar-refractivity contribution in [1.29, 1.82) is 0 Å². The molecule has 14 heteroatoms. The molecule has 0 radical (unpaired) electrons. The number of hydrogen-bond acceptors (Lipinski definition) is 10. The Morgan fingerprint density at radius 3 is 0.867 bits per heavy atom. The molecule has 2 N–H and O–H groups in total. The van der Waals surface area contributed by atoms with E-state index in [-0.39, 0.29) is 0 Å². The molecule has 0 aliphatic heterocycles. The van der Waals surface area contributed by atoms with E-state index < -0.39 is 7.12 Å². The Balaban J connectivity index is 0.000000125. The summed E-state index contributed by atoms with van der Waals surface area (Å²) in [5.41, 5.74) is 27.1. The summed E-state index contributed by atoms with van der Waals surface area (Å²) in [5.74, 6) is 3.76. The van der Waals surface area contributed by atoms with E-state index in [4.69, 9.17) is 38.7 Å². The summed E-state index contributed by atoms with van der Waals surface area (Å²) in [5, 5.41) is 28.4. The first-order valence-corrected chi connectivity index (χ1v) is 43.2. The maximum atomic E-state index is 9.74. The molecule has 0 aliphatic rings. The van der Waals surface area contributed by atoms with E-state index in [1.54, 1.807) is 12.1 Å². The number of rotatable bonds is 14. The number of fused-ring (bicyclic) bond motifs is 12. The fraction of sp³-hybridized carbons (Fsp3) is 0. The van der Waals surface area contributed by atoms with Gasteiger partial charge in [-0.25, -0.2) is 29.9 Å². The normalized spacial score (nSPS) is 11.4. The standard InChI is InChI=1S/C57H36N4O.C33H22BN3O3.C24H16BrN/c1-5-14-37(15-6-1)42-29-32-51-49(34-42)50-35-44(30-33-52(50)61(51)45-20-11-4-12-21-45)46-22-13-23-48-47-31-28-43(36-53(47)62-54(46)48)38-24-26-41(27-25-38)57-59-55(39-16-7-2-8-17-39)58-56(60-57)40-18-9-3-10-19-40;38-34(39)28-13-7-12-27-26-19-18-25(20-29(26)40-30(27)28)21-14-16-24(17-15-21)33-36-31(22-8-3-1-4-9-22)35-32(37-33)23-10-5-2-6-11-23;25-19-12-14-24-22(16-19)21-15-18(17-7-3-1-4-8-17)11-13-23(21)26(24)20-9-5-2-6-10-20/h1-36H;1-20,38-39H;1-16H. The number of hydrogen-bond donors (Lipinski definition) is 2. The average molecular weight is 1710 g/mol. The smallest absolute Gasteiger partial charge is 0.456 e. The minimum absolute atomic E-state index is 0.349. The highest BCUT2D eigenvalue weighted by Crippen LogP contribution is 2.44. The molecule has 6 aromatic heterocycles. The van der Waals surface area contributed by atoms with Crippen LogP contribution in [-0.2, 0) is 0 Å². The molecule has 18 aromatic carbocycles. The van der Waals surface area contributed by atoms with Gasteiger partial charge in [-0.1, -0.05) is 350 Å². The molecule has 604 valence electrons. The fourth-order valence-electron chi connectivity index (χ4n) is 17.4. The van der Waals surface area contributed by atoms with Gasteiger partial charge in [0.15, 0.2) is 34.9 Å². The van der Waals surface area contributed by atoms with Crippen LogP contribution in [0.4, 0.5) is 0 Å². The molecule has 0 saturated heterocycles. The van der Waals surface area contributed by atoms with Crippen molar-refractivity contribution in [2.24, 2.45) is 0 Å². The summed E-state index contributed by atoms with van der Waals surface area (Å²) in [6.45, 7) is 0. The van der Waals surface area contributed by atoms with Crippen LogP contribution in [0.2, 0.25) is 0 Å². The van der Waals surface area contributed by atoms with Gasteiger partial charge in [-0.15, -0.1) is 0 Å². The monoisotopic (exact) mass is 1710 g/mol. The molecule has 128 heavy (non-hydrogen) atoms. The second-order valence-electron chi connectivity index (χ2n) is 31.6. The van der Waals surface area contributed by atoms with E-state index in [0.717, 1.165) is 115 Å². The highest BCUT2D eigenvalue weighted by Gasteiger charge is 2.24. The van der Waals surface area contributed by atoms with Crippen LogP contribution in [0.15, 0.2) is 450 Å². The van der Waals surface area contributed by atoms with Gasteiger partial charge in [0.1, 0.15) is 22.3 Å². The predicted molar refractivity (Wildman–Crippen MR) is 527 cm³/mol. The Kier molecular flexibility index (Phi) is 20.5. The zero-order valence-electron chi connectivity index (χ0n) is 68.8. The van der Waals surface area contributed by atoms with E-state index in [1.807, 2.05) is 170 Å². The van der Waals surface area contributed by atoms with E-state index in [9.17, 15) is 10.0 Å². The largest absolute Gasteiger partial charge is 0.492 e. The molecule has 0 bridgehead atoms. The minimum Gasteiger partial charge on any atom is -0.456 e. The molecule has 24 rings (SSSR count). The Bertz CT molecular complexity index is 8140. The summed E-state index contributed by atoms with van der Waals surface area (Å²) < 4.78 is 18.7. The molecule has 0 aliphatic carbocycles. The Morgan fingerprint density at radius 1 is 0.211 bits per heavy atom. The Morgan fingerprint density at radius 2 is 0.484 bits per heavy atom. The summed E-state index contributed by atoms with van der Waals surface area (Å²) in [4.78, 5) is 29.1. The number of para-hydroxylation sites is 4. The quantitative estimate of drug-likeness (QED) is 0.101. The van der Waals surface area contributed by atoms with E-state index >= 15 is 0 Å². The Labute approximate surface area is 745 Å². The molecular weight excluding hydrogens is 1640 g/mol. The average Bonchev–Trinajstić information content (AvgIpc) is 1.60. The third-order valence-corrected chi connectivity index (χ3v) is 24.2. The van der Waals surface area contributed by atoms with Gasteiger partial charge in [-0.05, 0) is 153 Å². The van der Waals surface area contributed by atoms with Crippen LogP contribution in [0.5, 0.6) is 0 Å². The summed E-state index contributed by atoms with van der Waals surface area (Å²) >= 11 is 3.64. The molecule has 0 amide bonds. The van der Waals surface area contributed by atoms with Crippen molar-refractivity contribution in [2.45, 2.75) is 0 Å². The van der Waals surface area contributed by atoms with Gasteiger partial charge < -0.3 is 28.0 Å². The second kappa shape index (κ2) is 33.7. The third-order valence-electron chi connectivity index (χ3n) is 23.7. The zero-order valence-corrected chi connectivity index (χ0v) is 70.4. The van der Waals surface area contributed by atoms with Crippen molar-refractivity contribution in [1.82, 2.24) is 39.0 Å². The summed E-state index contributed by atoms with van der Waals surface area (Å²) in [6.07, 6.45) is 0. The number of halogens is 1. The van der Waals surface area contributed by atoms with Gasteiger partial charge in [0.25, 0.3) is 0 Å².